The molecule has 1 aliphatic heterocycles. The zero-order valence-electron chi connectivity index (χ0n) is 15.9. The number of allylic oxidation sites excluding steroid dienone is 1. The van der Waals surface area contributed by atoms with Gasteiger partial charge in [-0.25, -0.2) is 9.78 Å². The Morgan fingerprint density at radius 2 is 2.00 bits per heavy atom. The first-order valence-corrected chi connectivity index (χ1v) is 9.15. The number of aromatic amines is 1. The molecule has 0 atom stereocenters. The van der Waals surface area contributed by atoms with Crippen molar-refractivity contribution in [3.8, 4) is 0 Å². The molecule has 0 saturated heterocycles. The molecule has 0 fully saturated rings. The van der Waals surface area contributed by atoms with E-state index in [1.165, 1.54) is 6.08 Å². The maximum atomic E-state index is 12.7. The molecule has 2 aromatic heterocycles. The van der Waals surface area contributed by atoms with Crippen LogP contribution >= 0.6 is 0 Å². The molecule has 4 rings (SSSR count). The van der Waals surface area contributed by atoms with Gasteiger partial charge in [0.05, 0.1) is 0 Å². The average Bonchev–Trinajstić information content (AvgIpc) is 3.24. The molecule has 3 N–H and O–H groups in total. The van der Waals surface area contributed by atoms with Gasteiger partial charge in [-0.3, -0.25) is 4.79 Å². The molecule has 0 bridgehead atoms. The lowest BCUT2D eigenvalue weighted by molar-refractivity contribution is -0.134. The lowest BCUT2D eigenvalue weighted by atomic mass is 10.0. The second-order valence-corrected chi connectivity index (χ2v) is 6.99. The molecular formula is C22H19N3O4. The Labute approximate surface area is 166 Å². The van der Waals surface area contributed by atoms with E-state index < -0.39 is 17.3 Å². The van der Waals surface area contributed by atoms with Gasteiger partial charge in [0, 0.05) is 29.0 Å². The van der Waals surface area contributed by atoms with Gasteiger partial charge in [-0.2, -0.15) is 0 Å². The number of benzene rings is 1. The molecule has 1 aromatic carbocycles. The van der Waals surface area contributed by atoms with Gasteiger partial charge in [0.25, 0.3) is 0 Å². The van der Waals surface area contributed by atoms with Crippen LogP contribution in [0.1, 0.15) is 30.9 Å². The summed E-state index contributed by atoms with van der Waals surface area (Å²) in [5, 5.41) is 13.2. The van der Waals surface area contributed by atoms with Crippen molar-refractivity contribution in [1.82, 2.24) is 9.97 Å². The largest absolute Gasteiger partial charge is 0.477 e. The second-order valence-electron chi connectivity index (χ2n) is 6.99. The van der Waals surface area contributed by atoms with Crippen LogP contribution in [-0.4, -0.2) is 26.8 Å². The lowest BCUT2D eigenvalue weighted by Crippen LogP contribution is -2.12. The van der Waals surface area contributed by atoms with Crippen LogP contribution in [0.5, 0.6) is 0 Å². The number of nitrogens with one attached hydrogen (secondary N) is 2. The fourth-order valence-electron chi connectivity index (χ4n) is 3.13. The number of carbonyl (C=O) groups is 2. The summed E-state index contributed by atoms with van der Waals surface area (Å²) in [6, 6.07) is 11.2. The number of hydrogen-bond donors (Lipinski definition) is 3. The standard InChI is InChI=1S/C22H19N3O4/c1-12(2)13-5-7-15(8-6-13)25-21-18(22(27)28)19(26)17(29-21)10-14-11-24-20-16(14)4-3-9-23-20/h3-12,25H,1-2H3,(H,23,24)(H,27,28)/b17-10-. The van der Waals surface area contributed by atoms with Crippen LogP contribution in [0, 0.1) is 0 Å². The van der Waals surface area contributed by atoms with E-state index in [0.29, 0.717) is 22.8 Å². The van der Waals surface area contributed by atoms with Crippen molar-refractivity contribution < 1.29 is 19.4 Å². The van der Waals surface area contributed by atoms with Crippen LogP contribution in [0.25, 0.3) is 17.1 Å². The maximum absolute atomic E-state index is 12.7. The Kier molecular flexibility index (Phi) is 4.64. The number of ether oxygens (including phenoxy) is 1. The molecule has 0 spiro atoms. The van der Waals surface area contributed by atoms with Crippen molar-refractivity contribution in [2.45, 2.75) is 19.8 Å². The van der Waals surface area contributed by atoms with Crippen LogP contribution < -0.4 is 5.32 Å². The van der Waals surface area contributed by atoms with Crippen molar-refractivity contribution >= 4 is 34.5 Å². The summed E-state index contributed by atoms with van der Waals surface area (Å²) in [6.45, 7) is 4.17. The molecule has 7 nitrogen and oxygen atoms in total. The number of carboxylic acid groups (broad SMARTS) is 1. The normalized spacial score (nSPS) is 15.4. The van der Waals surface area contributed by atoms with E-state index in [1.807, 2.05) is 30.3 Å². The highest BCUT2D eigenvalue weighted by molar-refractivity contribution is 6.26. The van der Waals surface area contributed by atoms with E-state index in [0.717, 1.165) is 10.9 Å². The summed E-state index contributed by atoms with van der Waals surface area (Å²) in [7, 11) is 0. The van der Waals surface area contributed by atoms with E-state index in [-0.39, 0.29) is 11.6 Å². The number of H-pyrrole nitrogens is 1. The quantitative estimate of drug-likeness (QED) is 0.449. The topological polar surface area (TPSA) is 104 Å². The molecule has 0 aliphatic carbocycles. The fraction of sp³-hybridized carbons (Fsp3) is 0.136. The smallest absolute Gasteiger partial charge is 0.345 e. The van der Waals surface area contributed by atoms with Crippen molar-refractivity contribution in [1.29, 1.82) is 0 Å². The number of fused-ring (bicyclic) bond motifs is 1. The predicted octanol–water partition coefficient (Wildman–Crippen LogP) is 4.03. The summed E-state index contributed by atoms with van der Waals surface area (Å²) in [5.74, 6) is -1.81. The number of nitrogens with zero attached hydrogens (tertiary/aromatic N) is 1. The minimum Gasteiger partial charge on any atom is -0.477 e. The Morgan fingerprint density at radius 1 is 1.24 bits per heavy atom. The van der Waals surface area contributed by atoms with E-state index in [2.05, 4.69) is 29.1 Å². The first-order chi connectivity index (χ1) is 13.9. The van der Waals surface area contributed by atoms with E-state index in [4.69, 9.17) is 4.74 Å². The number of rotatable bonds is 5. The van der Waals surface area contributed by atoms with Gasteiger partial charge in [0.2, 0.25) is 11.7 Å². The third-order valence-electron chi connectivity index (χ3n) is 4.71. The van der Waals surface area contributed by atoms with Crippen LogP contribution in [0.2, 0.25) is 0 Å². The number of aliphatic carboxylic acids is 1. The molecule has 1 aliphatic rings. The predicted molar refractivity (Wildman–Crippen MR) is 109 cm³/mol. The molecule has 3 aromatic rings. The maximum Gasteiger partial charge on any atom is 0.345 e. The minimum absolute atomic E-state index is 0.0616. The first-order valence-electron chi connectivity index (χ1n) is 9.15. The first kappa shape index (κ1) is 18.5. The summed E-state index contributed by atoms with van der Waals surface area (Å²) in [6.07, 6.45) is 4.86. The minimum atomic E-state index is -1.35. The SMILES string of the molecule is CC(C)c1ccc(NC2=C(C(=O)O)C(=O)/C(=C/c3c[nH]c4ncccc34)O2)cc1. The Balaban J connectivity index is 1.65. The summed E-state index contributed by atoms with van der Waals surface area (Å²) in [5.41, 5.74) is 2.71. The summed E-state index contributed by atoms with van der Waals surface area (Å²) in [4.78, 5) is 31.5. The third kappa shape index (κ3) is 3.50. The molecule has 0 saturated carbocycles. The van der Waals surface area contributed by atoms with Crippen molar-refractivity contribution in [2.75, 3.05) is 5.32 Å². The van der Waals surface area contributed by atoms with E-state index in [1.54, 1.807) is 18.5 Å². The van der Waals surface area contributed by atoms with Gasteiger partial charge in [-0.05, 0) is 41.8 Å². The molecule has 146 valence electrons. The highest BCUT2D eigenvalue weighted by Gasteiger charge is 2.36. The Bertz CT molecular complexity index is 1170. The van der Waals surface area contributed by atoms with Gasteiger partial charge in [-0.1, -0.05) is 26.0 Å². The molecule has 0 unspecified atom stereocenters. The molecule has 29 heavy (non-hydrogen) atoms. The number of pyridine rings is 1. The van der Waals surface area contributed by atoms with Gasteiger partial charge in [0.1, 0.15) is 5.65 Å². The molecule has 7 heteroatoms. The summed E-state index contributed by atoms with van der Waals surface area (Å²) >= 11 is 0. The number of hydrogen-bond acceptors (Lipinski definition) is 5. The van der Waals surface area contributed by atoms with E-state index in [9.17, 15) is 14.7 Å². The van der Waals surface area contributed by atoms with Crippen molar-refractivity contribution in [3.05, 3.63) is 77.1 Å². The zero-order valence-corrected chi connectivity index (χ0v) is 15.9. The number of anilines is 1. The second kappa shape index (κ2) is 7.27. The molecule has 0 radical (unpaired) electrons. The Hall–Kier alpha value is -3.87. The highest BCUT2D eigenvalue weighted by Crippen LogP contribution is 2.30. The monoisotopic (exact) mass is 389 g/mol. The molecule has 3 heterocycles. The average molecular weight is 389 g/mol. The van der Waals surface area contributed by atoms with Gasteiger partial charge in [-0.15, -0.1) is 0 Å². The van der Waals surface area contributed by atoms with Gasteiger partial charge >= 0.3 is 5.97 Å². The lowest BCUT2D eigenvalue weighted by Gasteiger charge is -2.10. The number of aromatic nitrogens is 2. The van der Waals surface area contributed by atoms with Crippen LogP contribution in [0.3, 0.4) is 0 Å². The molecule has 0 amide bonds. The van der Waals surface area contributed by atoms with Crippen molar-refractivity contribution in [3.63, 3.8) is 0 Å². The third-order valence-corrected chi connectivity index (χ3v) is 4.71. The highest BCUT2D eigenvalue weighted by atomic mass is 16.5. The Morgan fingerprint density at radius 3 is 2.69 bits per heavy atom. The zero-order chi connectivity index (χ0) is 20.5. The number of Topliss-reactive ketones (excluding diaryl/α,β-unsaturated/α-hetero) is 1. The van der Waals surface area contributed by atoms with Crippen LogP contribution in [-0.2, 0) is 14.3 Å². The fourth-order valence-corrected chi connectivity index (χ4v) is 3.13. The molecular weight excluding hydrogens is 370 g/mol. The number of carboxylic acids is 1. The van der Waals surface area contributed by atoms with Gasteiger partial charge < -0.3 is 20.1 Å². The number of ketones is 1. The summed E-state index contributed by atoms with van der Waals surface area (Å²) < 4.78 is 5.62. The van der Waals surface area contributed by atoms with Gasteiger partial charge in [0.15, 0.2) is 11.3 Å². The van der Waals surface area contributed by atoms with Crippen LogP contribution in [0.15, 0.2) is 66.0 Å². The van der Waals surface area contributed by atoms with Crippen molar-refractivity contribution in [2.24, 2.45) is 0 Å². The van der Waals surface area contributed by atoms with Crippen LogP contribution in [0.4, 0.5) is 5.69 Å². The van der Waals surface area contributed by atoms with E-state index >= 15 is 0 Å². The number of carbonyl (C=O) groups excluding carboxylic acids is 1.